The van der Waals surface area contributed by atoms with Crippen LogP contribution in [0, 0.1) is 5.92 Å². The van der Waals surface area contributed by atoms with E-state index in [0.717, 1.165) is 70.8 Å². The number of benzene rings is 2. The Balaban J connectivity index is 1.52. The Morgan fingerprint density at radius 2 is 1.71 bits per heavy atom. The van der Waals surface area contributed by atoms with Gasteiger partial charge >= 0.3 is 0 Å². The molecule has 6 nitrogen and oxygen atoms in total. The highest BCUT2D eigenvalue weighted by molar-refractivity contribution is 5.96. The van der Waals surface area contributed by atoms with Crippen LogP contribution in [0.2, 0.25) is 0 Å². The van der Waals surface area contributed by atoms with Crippen molar-refractivity contribution in [2.24, 2.45) is 5.92 Å². The van der Waals surface area contributed by atoms with Crippen LogP contribution in [-0.4, -0.2) is 43.9 Å². The predicted molar refractivity (Wildman–Crippen MR) is 142 cm³/mol. The van der Waals surface area contributed by atoms with Crippen LogP contribution in [0.1, 0.15) is 25.6 Å². The summed E-state index contributed by atoms with van der Waals surface area (Å²) in [6.45, 7) is 5.69. The molecule has 0 amide bonds. The van der Waals surface area contributed by atoms with Gasteiger partial charge in [0.2, 0.25) is 0 Å². The topological polar surface area (TPSA) is 72.3 Å². The van der Waals surface area contributed by atoms with Gasteiger partial charge in [-0.1, -0.05) is 55.5 Å². The molecule has 5 aromatic rings. The van der Waals surface area contributed by atoms with E-state index in [-0.39, 0.29) is 0 Å². The van der Waals surface area contributed by atoms with E-state index < -0.39 is 0 Å². The molecule has 0 spiro atoms. The first kappa shape index (κ1) is 21.7. The minimum atomic E-state index is 0.495. The van der Waals surface area contributed by atoms with Crippen LogP contribution in [0.4, 0.5) is 5.82 Å². The standard InChI is InChI=1S/C29H30N6/c1-2-34-15-12-20(13-16-34)18-25-33-27(28-29(30)31-14-17-35(25)28)23-19-22-10-6-7-11-24(22)32-26(23)21-8-4-3-5-9-21/h3-11,14,17,19-20H,2,12-13,15-16,18H2,1H3,(H2,30,31). The SMILES string of the molecule is CCN1CCC(Cc2nc(-c3cc4ccccc4nc3-c3ccccc3)c3c(N)nccn23)CC1. The molecule has 0 unspecified atom stereocenters. The summed E-state index contributed by atoms with van der Waals surface area (Å²) in [5.41, 5.74) is 12.1. The molecule has 6 heteroatoms. The number of nitrogen functional groups attached to an aromatic ring is 1. The lowest BCUT2D eigenvalue weighted by molar-refractivity contribution is 0.191. The average Bonchev–Trinajstić information content (AvgIpc) is 3.28. The molecule has 0 atom stereocenters. The van der Waals surface area contributed by atoms with Gasteiger partial charge in [-0.25, -0.2) is 15.0 Å². The van der Waals surface area contributed by atoms with Crippen molar-refractivity contribution in [2.75, 3.05) is 25.4 Å². The van der Waals surface area contributed by atoms with Crippen molar-refractivity contribution >= 4 is 22.2 Å². The van der Waals surface area contributed by atoms with E-state index in [1.807, 2.05) is 36.5 Å². The van der Waals surface area contributed by atoms with E-state index in [2.05, 4.69) is 51.5 Å². The maximum absolute atomic E-state index is 6.48. The van der Waals surface area contributed by atoms with E-state index in [0.29, 0.717) is 11.7 Å². The second-order valence-electron chi connectivity index (χ2n) is 9.43. The number of para-hydroxylation sites is 1. The van der Waals surface area contributed by atoms with Gasteiger partial charge in [0.15, 0.2) is 0 Å². The lowest BCUT2D eigenvalue weighted by Gasteiger charge is -2.30. The predicted octanol–water partition coefficient (Wildman–Crippen LogP) is 5.47. The fraction of sp³-hybridized carbons (Fsp3) is 0.276. The van der Waals surface area contributed by atoms with Crippen LogP contribution >= 0.6 is 0 Å². The Bertz CT molecular complexity index is 1480. The van der Waals surface area contributed by atoms with Crippen molar-refractivity contribution in [3.05, 3.63) is 78.9 Å². The lowest BCUT2D eigenvalue weighted by Crippen LogP contribution is -2.34. The van der Waals surface area contributed by atoms with Crippen LogP contribution in [0.5, 0.6) is 0 Å². The van der Waals surface area contributed by atoms with Gasteiger partial charge in [-0.15, -0.1) is 0 Å². The molecule has 1 fully saturated rings. The van der Waals surface area contributed by atoms with Crippen LogP contribution in [0.3, 0.4) is 0 Å². The van der Waals surface area contributed by atoms with Crippen LogP contribution < -0.4 is 5.73 Å². The molecule has 1 aliphatic heterocycles. The maximum atomic E-state index is 6.48. The van der Waals surface area contributed by atoms with Gasteiger partial charge < -0.3 is 10.6 Å². The number of likely N-dealkylation sites (tertiary alicyclic amines) is 1. The monoisotopic (exact) mass is 462 g/mol. The molecule has 0 radical (unpaired) electrons. The number of hydrogen-bond donors (Lipinski definition) is 1. The highest BCUT2D eigenvalue weighted by Crippen LogP contribution is 2.37. The third-order valence-electron chi connectivity index (χ3n) is 7.31. The summed E-state index contributed by atoms with van der Waals surface area (Å²) in [6, 6.07) is 20.8. The van der Waals surface area contributed by atoms with E-state index >= 15 is 0 Å². The zero-order chi connectivity index (χ0) is 23.8. The van der Waals surface area contributed by atoms with Crippen molar-refractivity contribution in [1.82, 2.24) is 24.3 Å². The van der Waals surface area contributed by atoms with Gasteiger partial charge in [-0.3, -0.25) is 4.40 Å². The molecule has 176 valence electrons. The molecule has 4 heterocycles. The molecule has 35 heavy (non-hydrogen) atoms. The molecule has 0 aliphatic carbocycles. The number of rotatable bonds is 5. The van der Waals surface area contributed by atoms with Gasteiger partial charge in [0, 0.05) is 35.3 Å². The van der Waals surface area contributed by atoms with Gasteiger partial charge in [0.05, 0.1) is 11.2 Å². The second-order valence-corrected chi connectivity index (χ2v) is 9.43. The number of nitrogens with zero attached hydrogens (tertiary/aromatic N) is 5. The molecular formula is C29H30N6. The second kappa shape index (κ2) is 9.12. The van der Waals surface area contributed by atoms with E-state index in [4.69, 9.17) is 15.7 Å². The van der Waals surface area contributed by atoms with Crippen molar-refractivity contribution < 1.29 is 0 Å². The molecule has 0 bridgehead atoms. The number of pyridine rings is 1. The summed E-state index contributed by atoms with van der Waals surface area (Å²) in [5.74, 6) is 2.16. The number of piperidine rings is 1. The van der Waals surface area contributed by atoms with E-state index in [1.54, 1.807) is 6.20 Å². The molecule has 1 aliphatic rings. The number of hydrogen-bond acceptors (Lipinski definition) is 5. The summed E-state index contributed by atoms with van der Waals surface area (Å²) in [7, 11) is 0. The average molecular weight is 463 g/mol. The molecule has 2 N–H and O–H groups in total. The molecule has 0 saturated carbocycles. The van der Waals surface area contributed by atoms with Crippen molar-refractivity contribution in [2.45, 2.75) is 26.2 Å². The van der Waals surface area contributed by atoms with Crippen molar-refractivity contribution in [3.63, 3.8) is 0 Å². The van der Waals surface area contributed by atoms with Crippen LogP contribution in [0.15, 0.2) is 73.1 Å². The highest BCUT2D eigenvalue weighted by Gasteiger charge is 2.24. The molecule has 1 saturated heterocycles. The lowest BCUT2D eigenvalue weighted by atomic mass is 9.93. The Kier molecular flexibility index (Phi) is 5.66. The van der Waals surface area contributed by atoms with Gasteiger partial charge in [0.1, 0.15) is 22.9 Å². The largest absolute Gasteiger partial charge is 0.382 e. The third kappa shape index (κ3) is 4.04. The van der Waals surface area contributed by atoms with E-state index in [9.17, 15) is 0 Å². The quantitative estimate of drug-likeness (QED) is 0.375. The fourth-order valence-corrected chi connectivity index (χ4v) is 5.34. The summed E-state index contributed by atoms with van der Waals surface area (Å²) in [4.78, 5) is 17.3. The highest BCUT2D eigenvalue weighted by atomic mass is 15.1. The van der Waals surface area contributed by atoms with Gasteiger partial charge in [-0.05, 0) is 50.5 Å². The molecular weight excluding hydrogens is 432 g/mol. The third-order valence-corrected chi connectivity index (χ3v) is 7.31. The van der Waals surface area contributed by atoms with Gasteiger partial charge in [0.25, 0.3) is 0 Å². The van der Waals surface area contributed by atoms with Crippen molar-refractivity contribution in [1.29, 1.82) is 0 Å². The smallest absolute Gasteiger partial charge is 0.150 e. The Labute approximate surface area is 205 Å². The van der Waals surface area contributed by atoms with E-state index in [1.165, 1.54) is 12.8 Å². The summed E-state index contributed by atoms with van der Waals surface area (Å²) >= 11 is 0. The fourth-order valence-electron chi connectivity index (χ4n) is 5.34. The number of imidazole rings is 1. The Morgan fingerprint density at radius 3 is 2.51 bits per heavy atom. The van der Waals surface area contributed by atoms with Crippen molar-refractivity contribution in [3.8, 4) is 22.5 Å². The van der Waals surface area contributed by atoms with Crippen LogP contribution in [-0.2, 0) is 6.42 Å². The molecule has 6 rings (SSSR count). The summed E-state index contributed by atoms with van der Waals surface area (Å²) in [5, 5.41) is 1.08. The first-order chi connectivity index (χ1) is 17.2. The summed E-state index contributed by atoms with van der Waals surface area (Å²) in [6.07, 6.45) is 7.10. The Hall–Kier alpha value is -3.77. The maximum Gasteiger partial charge on any atom is 0.150 e. The number of nitrogens with two attached hydrogens (primary N) is 1. The molecule has 2 aromatic carbocycles. The van der Waals surface area contributed by atoms with Gasteiger partial charge in [-0.2, -0.15) is 0 Å². The molecule has 3 aromatic heterocycles. The van der Waals surface area contributed by atoms with Crippen LogP contribution in [0.25, 0.3) is 38.9 Å². The number of aromatic nitrogens is 4. The summed E-state index contributed by atoms with van der Waals surface area (Å²) < 4.78 is 2.15. The zero-order valence-corrected chi connectivity index (χ0v) is 20.1. The first-order valence-electron chi connectivity index (χ1n) is 12.5. The first-order valence-corrected chi connectivity index (χ1v) is 12.5. The number of fused-ring (bicyclic) bond motifs is 2. The minimum Gasteiger partial charge on any atom is -0.382 e. The number of anilines is 1. The Morgan fingerprint density at radius 1 is 0.943 bits per heavy atom. The normalized spacial score (nSPS) is 15.2. The minimum absolute atomic E-state index is 0.495. The zero-order valence-electron chi connectivity index (χ0n) is 20.1.